The monoisotopic (exact) mass is 887 g/mol. The molecule has 0 aromatic heterocycles. The zero-order valence-corrected chi connectivity index (χ0v) is 39.5. The third-order valence-electron chi connectivity index (χ3n) is 11.9. The molecular formula is C54H54BNO4S3. The van der Waals surface area contributed by atoms with Crippen molar-refractivity contribution in [1.82, 2.24) is 0 Å². The smallest absolute Gasteiger partial charge is 0.423 e. The van der Waals surface area contributed by atoms with E-state index in [1.807, 2.05) is 63.7 Å². The molecule has 63 heavy (non-hydrogen) atoms. The molecule has 0 amide bonds. The van der Waals surface area contributed by atoms with Crippen molar-refractivity contribution in [3.63, 3.8) is 0 Å². The first-order chi connectivity index (χ1) is 30.1. The topological polar surface area (TPSA) is 87.0 Å². The quantitative estimate of drug-likeness (QED) is 0.122. The molecule has 320 valence electrons. The van der Waals surface area contributed by atoms with Crippen LogP contribution in [-0.4, -0.2) is 37.2 Å². The van der Waals surface area contributed by atoms with E-state index in [-0.39, 0.29) is 5.88 Å². The highest BCUT2D eigenvalue weighted by molar-refractivity contribution is 7.99. The maximum absolute atomic E-state index is 12.5. The number of sulfone groups is 1. The SMILES string of the molecule is CC(=NCS(=O)(=O)c1ccc(C)cc1)c1ccc2c(c1)Cc1ccccc1S2.Cc1ccc(B(O)O)cc1C.Cc1ccc(C(C)c2ccc3c(c2)Cc2ccccc2S3)cc1C. The van der Waals surface area contributed by atoms with Gasteiger partial charge in [0.15, 0.2) is 9.84 Å². The van der Waals surface area contributed by atoms with Crippen LogP contribution >= 0.6 is 23.5 Å². The van der Waals surface area contributed by atoms with Crippen molar-refractivity contribution in [3.05, 3.63) is 212 Å². The molecule has 1 atom stereocenters. The van der Waals surface area contributed by atoms with Crippen LogP contribution in [-0.2, 0) is 22.7 Å². The summed E-state index contributed by atoms with van der Waals surface area (Å²) in [6.45, 7) is 14.4. The summed E-state index contributed by atoms with van der Waals surface area (Å²) < 4.78 is 25.1. The number of aryl methyl sites for hydroxylation is 5. The van der Waals surface area contributed by atoms with Crippen LogP contribution in [0.4, 0.5) is 0 Å². The molecule has 9 heteroatoms. The molecule has 0 bridgehead atoms. The van der Waals surface area contributed by atoms with Crippen LogP contribution in [0.3, 0.4) is 0 Å². The summed E-state index contributed by atoms with van der Waals surface area (Å²) >= 11 is 3.69. The number of hydrogen-bond acceptors (Lipinski definition) is 7. The van der Waals surface area contributed by atoms with Crippen molar-refractivity contribution < 1.29 is 18.5 Å². The first-order valence-electron chi connectivity index (χ1n) is 21.2. The van der Waals surface area contributed by atoms with E-state index in [0.717, 1.165) is 40.8 Å². The highest BCUT2D eigenvalue weighted by Gasteiger charge is 2.20. The highest BCUT2D eigenvalue weighted by atomic mass is 32.2. The second kappa shape index (κ2) is 20.1. The Morgan fingerprint density at radius 1 is 0.587 bits per heavy atom. The largest absolute Gasteiger partial charge is 0.488 e. The standard InChI is InChI=1S/C23H21NO2S2.C23H22S.C8H11BO2/c1-16-7-10-21(11-8-16)28(25,26)15-24-17(2)18-9-12-23-20(13-18)14-19-5-3-4-6-22(19)27-23;1-15-8-9-18(12-16(15)2)17(3)19-10-11-23-21(13-19)14-20-6-4-5-7-22(20)24-23;1-6-3-4-8(9(10)11)5-7(6)2/h3-13H,14-15H2,1-2H3;4-13,17H,14H2,1-3H3;3-5,10-11H,1-2H3. The van der Waals surface area contributed by atoms with Crippen LogP contribution in [0.5, 0.6) is 0 Å². The Morgan fingerprint density at radius 2 is 1.10 bits per heavy atom. The lowest BCUT2D eigenvalue weighted by atomic mass is 9.79. The van der Waals surface area contributed by atoms with Gasteiger partial charge in [0.05, 0.1) is 4.90 Å². The number of nitrogens with zero attached hydrogens (tertiary/aromatic N) is 1. The van der Waals surface area contributed by atoms with Gasteiger partial charge in [-0.25, -0.2) is 8.42 Å². The van der Waals surface area contributed by atoms with Gasteiger partial charge in [-0.1, -0.05) is 139 Å². The van der Waals surface area contributed by atoms with E-state index in [1.54, 1.807) is 36.0 Å². The number of hydrogen-bond donors (Lipinski definition) is 2. The lowest BCUT2D eigenvalue weighted by molar-refractivity contribution is 0.425. The Labute approximate surface area is 382 Å². The molecule has 0 fully saturated rings. The fourth-order valence-electron chi connectivity index (χ4n) is 7.54. The summed E-state index contributed by atoms with van der Waals surface area (Å²) in [7, 11) is -4.78. The minimum atomic E-state index is -3.43. The summed E-state index contributed by atoms with van der Waals surface area (Å²) in [5.41, 5.74) is 16.6. The number of benzene rings is 7. The van der Waals surface area contributed by atoms with E-state index < -0.39 is 17.0 Å². The second-order valence-corrected chi connectivity index (χ2v) is 20.7. The zero-order chi connectivity index (χ0) is 44.8. The van der Waals surface area contributed by atoms with Crippen molar-refractivity contribution in [1.29, 1.82) is 0 Å². The van der Waals surface area contributed by atoms with Gasteiger partial charge in [0.25, 0.3) is 0 Å². The van der Waals surface area contributed by atoms with E-state index in [2.05, 4.69) is 123 Å². The lowest BCUT2D eigenvalue weighted by Gasteiger charge is -2.21. The van der Waals surface area contributed by atoms with Gasteiger partial charge in [0.1, 0.15) is 5.88 Å². The van der Waals surface area contributed by atoms with Gasteiger partial charge < -0.3 is 10.0 Å². The van der Waals surface area contributed by atoms with E-state index in [9.17, 15) is 8.42 Å². The Morgan fingerprint density at radius 3 is 1.68 bits per heavy atom. The van der Waals surface area contributed by atoms with Gasteiger partial charge in [0, 0.05) is 31.2 Å². The molecule has 7 aromatic carbocycles. The Hall–Kier alpha value is -5.16. The Kier molecular flexibility index (Phi) is 14.7. The number of rotatable bonds is 7. The van der Waals surface area contributed by atoms with E-state index in [1.165, 1.54) is 64.1 Å². The van der Waals surface area contributed by atoms with Crippen LogP contribution in [0.1, 0.15) is 86.5 Å². The second-order valence-electron chi connectivity index (χ2n) is 16.5. The average Bonchev–Trinajstić information content (AvgIpc) is 3.28. The average molecular weight is 888 g/mol. The van der Waals surface area contributed by atoms with Crippen molar-refractivity contribution in [2.24, 2.45) is 4.99 Å². The van der Waals surface area contributed by atoms with Crippen LogP contribution in [0.25, 0.3) is 0 Å². The van der Waals surface area contributed by atoms with Gasteiger partial charge in [-0.15, -0.1) is 0 Å². The summed E-state index contributed by atoms with van der Waals surface area (Å²) in [5.74, 6) is 0.188. The predicted molar refractivity (Wildman–Crippen MR) is 264 cm³/mol. The van der Waals surface area contributed by atoms with Gasteiger partial charge in [-0.2, -0.15) is 0 Å². The molecular weight excluding hydrogens is 834 g/mol. The predicted octanol–water partition coefficient (Wildman–Crippen LogP) is 11.8. The molecule has 0 saturated heterocycles. The fourth-order valence-corrected chi connectivity index (χ4v) is 10.7. The molecule has 0 saturated carbocycles. The van der Waals surface area contributed by atoms with Gasteiger partial charge in [0.2, 0.25) is 0 Å². The lowest BCUT2D eigenvalue weighted by Crippen LogP contribution is -2.29. The first kappa shape index (κ1) is 45.9. The minimum absolute atomic E-state index is 0.240. The summed E-state index contributed by atoms with van der Waals surface area (Å²) in [5, 5.41) is 17.6. The molecule has 0 spiro atoms. The molecule has 9 rings (SSSR count). The number of fused-ring (bicyclic) bond motifs is 4. The van der Waals surface area contributed by atoms with Crippen molar-refractivity contribution in [2.75, 3.05) is 5.88 Å². The van der Waals surface area contributed by atoms with Gasteiger partial charge >= 0.3 is 7.12 Å². The van der Waals surface area contributed by atoms with E-state index >= 15 is 0 Å². The van der Waals surface area contributed by atoms with Crippen molar-refractivity contribution in [3.8, 4) is 0 Å². The maximum Gasteiger partial charge on any atom is 0.488 e. The van der Waals surface area contributed by atoms with Crippen LogP contribution in [0.15, 0.2) is 175 Å². The summed E-state index contributed by atoms with van der Waals surface area (Å²) in [6.07, 6.45) is 1.94. The van der Waals surface area contributed by atoms with Crippen molar-refractivity contribution >= 4 is 51.7 Å². The van der Waals surface area contributed by atoms with Gasteiger partial charge in [-0.05, 0) is 164 Å². The Bertz CT molecular complexity index is 2910. The fraction of sp³-hybridized carbons (Fsp3) is 0.204. The molecule has 2 heterocycles. The summed E-state index contributed by atoms with van der Waals surface area (Å²) in [6, 6.07) is 49.6. The highest BCUT2D eigenvalue weighted by Crippen LogP contribution is 2.42. The molecule has 5 nitrogen and oxygen atoms in total. The number of aliphatic imine (C=N–C) groups is 1. The molecule has 2 N–H and O–H groups in total. The van der Waals surface area contributed by atoms with Crippen LogP contribution < -0.4 is 5.46 Å². The molecule has 2 aliphatic heterocycles. The zero-order valence-electron chi connectivity index (χ0n) is 37.0. The minimum Gasteiger partial charge on any atom is -0.423 e. The third kappa shape index (κ3) is 11.3. The van der Waals surface area contributed by atoms with Gasteiger partial charge in [-0.3, -0.25) is 4.99 Å². The molecule has 2 aliphatic rings. The normalized spacial score (nSPS) is 13.1. The van der Waals surface area contributed by atoms with Crippen LogP contribution in [0.2, 0.25) is 0 Å². The maximum atomic E-state index is 12.5. The first-order valence-corrected chi connectivity index (χ1v) is 24.5. The third-order valence-corrected chi connectivity index (χ3v) is 15.9. The Balaban J connectivity index is 0.000000154. The van der Waals surface area contributed by atoms with E-state index in [4.69, 9.17) is 10.0 Å². The van der Waals surface area contributed by atoms with Crippen molar-refractivity contribution in [2.45, 2.75) is 91.7 Å². The molecule has 1 unspecified atom stereocenters. The molecule has 0 radical (unpaired) electrons. The molecule has 7 aromatic rings. The summed E-state index contributed by atoms with van der Waals surface area (Å²) in [4.78, 5) is 10.1. The van der Waals surface area contributed by atoms with Crippen LogP contribution in [0, 0.1) is 34.6 Å². The molecule has 0 aliphatic carbocycles. The van der Waals surface area contributed by atoms with E-state index in [0.29, 0.717) is 16.3 Å².